The fourth-order valence-electron chi connectivity index (χ4n) is 1.21. The molecule has 16 heavy (non-hydrogen) atoms. The van der Waals surface area contributed by atoms with Gasteiger partial charge in [0.1, 0.15) is 5.75 Å². The smallest absolute Gasteiger partial charge is 0.188 e. The molecule has 0 fully saturated rings. The van der Waals surface area contributed by atoms with Gasteiger partial charge < -0.3 is 14.2 Å². The van der Waals surface area contributed by atoms with Crippen molar-refractivity contribution in [1.82, 2.24) is 0 Å². The highest BCUT2D eigenvalue weighted by Crippen LogP contribution is 2.28. The minimum absolute atomic E-state index is 0.0188. The third kappa shape index (κ3) is 2.70. The molecule has 0 N–H and O–H groups in total. The van der Waals surface area contributed by atoms with E-state index in [1.54, 1.807) is 0 Å². The summed E-state index contributed by atoms with van der Waals surface area (Å²) in [7, 11) is 2.79. The van der Waals surface area contributed by atoms with E-state index in [9.17, 15) is 9.18 Å². The molecule has 4 nitrogen and oxygen atoms in total. The molecule has 0 atom stereocenters. The third-order valence-corrected chi connectivity index (χ3v) is 1.97. The lowest BCUT2D eigenvalue weighted by molar-refractivity contribution is 0.0500. The number of benzene rings is 1. The maximum Gasteiger partial charge on any atom is 0.188 e. The maximum atomic E-state index is 13.3. The van der Waals surface area contributed by atoms with Crippen LogP contribution >= 0.6 is 0 Å². The molecule has 0 saturated carbocycles. The molecule has 0 aromatic heterocycles. The van der Waals surface area contributed by atoms with Crippen LogP contribution in [-0.2, 0) is 4.74 Å². The fourth-order valence-corrected chi connectivity index (χ4v) is 1.21. The average molecular weight is 228 g/mol. The van der Waals surface area contributed by atoms with Crippen molar-refractivity contribution < 1.29 is 23.4 Å². The molecule has 0 aliphatic carbocycles. The van der Waals surface area contributed by atoms with Crippen molar-refractivity contribution in [2.45, 2.75) is 6.92 Å². The number of rotatable bonds is 5. The van der Waals surface area contributed by atoms with Gasteiger partial charge in [0.25, 0.3) is 0 Å². The number of hydrogen-bond acceptors (Lipinski definition) is 4. The Bertz CT molecular complexity index is 390. The molecule has 1 aromatic carbocycles. The van der Waals surface area contributed by atoms with Crippen LogP contribution in [0.15, 0.2) is 12.1 Å². The van der Waals surface area contributed by atoms with E-state index >= 15 is 0 Å². The van der Waals surface area contributed by atoms with E-state index in [1.165, 1.54) is 27.2 Å². The number of ether oxygens (including phenoxy) is 3. The fraction of sp³-hybridized carbons (Fsp3) is 0.364. The second kappa shape index (κ2) is 5.46. The van der Waals surface area contributed by atoms with E-state index in [4.69, 9.17) is 14.2 Å². The minimum Gasteiger partial charge on any atom is -0.494 e. The highest BCUT2D eigenvalue weighted by molar-refractivity contribution is 5.97. The van der Waals surface area contributed by atoms with E-state index in [1.807, 2.05) is 0 Å². The van der Waals surface area contributed by atoms with Gasteiger partial charge in [0.05, 0.1) is 12.7 Å². The summed E-state index contributed by atoms with van der Waals surface area (Å²) in [5.41, 5.74) is 0.162. The van der Waals surface area contributed by atoms with Crippen molar-refractivity contribution in [3.05, 3.63) is 23.5 Å². The largest absolute Gasteiger partial charge is 0.494 e. The number of carbonyl (C=O) groups is 1. The van der Waals surface area contributed by atoms with Gasteiger partial charge >= 0.3 is 0 Å². The maximum absolute atomic E-state index is 13.3. The molecule has 0 aliphatic heterocycles. The average Bonchev–Trinajstić information content (AvgIpc) is 2.26. The Labute approximate surface area is 92.9 Å². The third-order valence-electron chi connectivity index (χ3n) is 1.97. The van der Waals surface area contributed by atoms with Gasteiger partial charge in [0, 0.05) is 13.2 Å². The van der Waals surface area contributed by atoms with Crippen LogP contribution in [0, 0.1) is 5.82 Å². The van der Waals surface area contributed by atoms with Gasteiger partial charge in [-0.15, -0.1) is 0 Å². The monoisotopic (exact) mass is 228 g/mol. The van der Waals surface area contributed by atoms with Crippen LogP contribution in [0.5, 0.6) is 11.5 Å². The van der Waals surface area contributed by atoms with Gasteiger partial charge in [-0.2, -0.15) is 0 Å². The minimum atomic E-state index is -0.600. The predicted molar refractivity (Wildman–Crippen MR) is 55.5 cm³/mol. The standard InChI is InChI=1S/C11H13FO4/c1-7(13)8-4-9(12)11(15-3)5-10(8)16-6-14-2/h4-5H,6H2,1-3H3. The van der Waals surface area contributed by atoms with E-state index in [-0.39, 0.29) is 29.6 Å². The molecule has 0 heterocycles. The van der Waals surface area contributed by atoms with E-state index in [0.717, 1.165) is 6.07 Å². The Kier molecular flexibility index (Phi) is 4.25. The van der Waals surface area contributed by atoms with Crippen LogP contribution in [0.25, 0.3) is 0 Å². The molecule has 1 aromatic rings. The summed E-state index contributed by atoms with van der Waals surface area (Å²) in [6.07, 6.45) is 0. The van der Waals surface area contributed by atoms with Crippen molar-refractivity contribution in [3.8, 4) is 11.5 Å². The summed E-state index contributed by atoms with van der Waals surface area (Å²) >= 11 is 0. The predicted octanol–water partition coefficient (Wildman–Crippen LogP) is 2.02. The van der Waals surface area contributed by atoms with Gasteiger partial charge in [-0.1, -0.05) is 0 Å². The van der Waals surface area contributed by atoms with Crippen molar-refractivity contribution in [2.75, 3.05) is 21.0 Å². The van der Waals surface area contributed by atoms with Gasteiger partial charge in [-0.05, 0) is 13.0 Å². The first-order valence-corrected chi connectivity index (χ1v) is 4.60. The molecular weight excluding hydrogens is 215 g/mol. The van der Waals surface area contributed by atoms with Gasteiger partial charge in [0.15, 0.2) is 24.1 Å². The van der Waals surface area contributed by atoms with Crippen LogP contribution in [-0.4, -0.2) is 26.8 Å². The van der Waals surface area contributed by atoms with E-state index in [2.05, 4.69) is 0 Å². The summed E-state index contributed by atoms with van der Waals surface area (Å²) in [5, 5.41) is 0. The van der Waals surface area contributed by atoms with Crippen LogP contribution in [0.2, 0.25) is 0 Å². The van der Waals surface area contributed by atoms with E-state index in [0.29, 0.717) is 0 Å². The summed E-state index contributed by atoms with van der Waals surface area (Å²) in [5.74, 6) is -0.617. The Morgan fingerprint density at radius 2 is 2.00 bits per heavy atom. The number of ketones is 1. The highest BCUT2D eigenvalue weighted by Gasteiger charge is 2.14. The van der Waals surface area contributed by atoms with Crippen LogP contribution in [0.3, 0.4) is 0 Å². The summed E-state index contributed by atoms with van der Waals surface area (Å²) < 4.78 is 28.0. The molecule has 0 unspecified atom stereocenters. The summed E-state index contributed by atoms with van der Waals surface area (Å²) in [6, 6.07) is 2.41. The number of halogens is 1. The van der Waals surface area contributed by atoms with Crippen molar-refractivity contribution in [2.24, 2.45) is 0 Å². The van der Waals surface area contributed by atoms with Crippen LogP contribution in [0.4, 0.5) is 4.39 Å². The topological polar surface area (TPSA) is 44.8 Å². The van der Waals surface area contributed by atoms with Crippen molar-refractivity contribution in [1.29, 1.82) is 0 Å². The highest BCUT2D eigenvalue weighted by atomic mass is 19.1. The number of methoxy groups -OCH3 is 2. The Hall–Kier alpha value is -1.62. The molecule has 0 radical (unpaired) electrons. The normalized spacial score (nSPS) is 10.0. The molecule has 0 bridgehead atoms. The van der Waals surface area contributed by atoms with Gasteiger partial charge in [-0.3, -0.25) is 4.79 Å². The lowest BCUT2D eigenvalue weighted by Gasteiger charge is -2.11. The first-order chi connectivity index (χ1) is 7.60. The SMILES string of the molecule is COCOc1cc(OC)c(F)cc1C(C)=O. The Morgan fingerprint density at radius 1 is 1.31 bits per heavy atom. The Morgan fingerprint density at radius 3 is 2.50 bits per heavy atom. The van der Waals surface area contributed by atoms with Gasteiger partial charge in [-0.25, -0.2) is 4.39 Å². The number of hydrogen-bond donors (Lipinski definition) is 0. The van der Waals surface area contributed by atoms with Crippen molar-refractivity contribution in [3.63, 3.8) is 0 Å². The molecule has 0 amide bonds. The van der Waals surface area contributed by atoms with Gasteiger partial charge in [0.2, 0.25) is 0 Å². The zero-order valence-corrected chi connectivity index (χ0v) is 9.37. The first-order valence-electron chi connectivity index (χ1n) is 4.60. The molecule has 0 spiro atoms. The van der Waals surface area contributed by atoms with Crippen LogP contribution < -0.4 is 9.47 Å². The van der Waals surface area contributed by atoms with E-state index < -0.39 is 5.82 Å². The molecule has 0 aliphatic rings. The molecule has 5 heteroatoms. The molecule has 88 valence electrons. The van der Waals surface area contributed by atoms with Crippen molar-refractivity contribution >= 4 is 5.78 Å². The quantitative estimate of drug-likeness (QED) is 0.571. The zero-order valence-electron chi connectivity index (χ0n) is 9.37. The lowest BCUT2D eigenvalue weighted by atomic mass is 10.1. The summed E-state index contributed by atoms with van der Waals surface area (Å²) in [4.78, 5) is 11.3. The lowest BCUT2D eigenvalue weighted by Crippen LogP contribution is -2.05. The number of Topliss-reactive ketones (excluding diaryl/α,β-unsaturated/α-hetero) is 1. The van der Waals surface area contributed by atoms with Crippen LogP contribution in [0.1, 0.15) is 17.3 Å². The Balaban J connectivity index is 3.14. The molecular formula is C11H13FO4. The summed E-state index contributed by atoms with van der Waals surface area (Å²) in [6.45, 7) is 1.32. The first kappa shape index (κ1) is 12.4. The second-order valence-electron chi connectivity index (χ2n) is 3.09. The number of carbonyl (C=O) groups excluding carboxylic acids is 1. The second-order valence-corrected chi connectivity index (χ2v) is 3.09. The molecule has 0 saturated heterocycles. The molecule has 1 rings (SSSR count). The zero-order chi connectivity index (χ0) is 12.1.